The first kappa shape index (κ1) is 17.6. The maximum absolute atomic E-state index is 12.8. The molecule has 0 amide bonds. The van der Waals surface area contributed by atoms with Crippen LogP contribution >= 0.6 is 0 Å². The molecule has 0 fully saturated rings. The molecule has 0 spiro atoms. The Balaban J connectivity index is 2.06. The Bertz CT molecular complexity index is 1080. The summed E-state index contributed by atoms with van der Waals surface area (Å²) >= 11 is 0. The fraction of sp³-hybridized carbons (Fsp3) is 0.118. The van der Waals surface area contributed by atoms with Crippen LogP contribution in [0.25, 0.3) is 10.9 Å². The minimum Gasteiger partial charge on any atom is -0.492 e. The van der Waals surface area contributed by atoms with E-state index in [0.29, 0.717) is 23.3 Å². The van der Waals surface area contributed by atoms with Crippen LogP contribution in [0.1, 0.15) is 6.92 Å². The van der Waals surface area contributed by atoms with E-state index in [9.17, 15) is 18.5 Å². The number of non-ortho nitro benzene ring substituents is 1. The van der Waals surface area contributed by atoms with Crippen LogP contribution in [0.3, 0.4) is 0 Å². The van der Waals surface area contributed by atoms with Crippen LogP contribution in [0.5, 0.6) is 5.75 Å². The number of rotatable bonds is 6. The molecule has 1 heterocycles. The lowest BCUT2D eigenvalue weighted by Gasteiger charge is -2.12. The lowest BCUT2D eigenvalue weighted by molar-refractivity contribution is -0.384. The fourth-order valence-electron chi connectivity index (χ4n) is 2.52. The second-order valence-electron chi connectivity index (χ2n) is 5.31. The number of ether oxygens (including phenoxy) is 1. The van der Waals surface area contributed by atoms with E-state index in [-0.39, 0.29) is 16.3 Å². The Labute approximate surface area is 149 Å². The SMILES string of the molecule is CCOc1ccc(S(=O)(=O)Nc2cccc([N+](=O)[O-])c2)c2cccnc12. The highest BCUT2D eigenvalue weighted by atomic mass is 32.2. The second kappa shape index (κ2) is 6.96. The summed E-state index contributed by atoms with van der Waals surface area (Å²) in [7, 11) is -3.98. The highest BCUT2D eigenvalue weighted by Crippen LogP contribution is 2.31. The average molecular weight is 373 g/mol. The average Bonchev–Trinajstić information content (AvgIpc) is 2.62. The molecule has 134 valence electrons. The van der Waals surface area contributed by atoms with Gasteiger partial charge in [0.15, 0.2) is 0 Å². The summed E-state index contributed by atoms with van der Waals surface area (Å²) in [5.41, 5.74) is 0.324. The quantitative estimate of drug-likeness (QED) is 0.524. The Hall–Kier alpha value is -3.20. The molecule has 9 heteroatoms. The fourth-order valence-corrected chi connectivity index (χ4v) is 3.77. The molecule has 8 nitrogen and oxygen atoms in total. The Kier molecular flexibility index (Phi) is 4.72. The third kappa shape index (κ3) is 3.42. The maximum Gasteiger partial charge on any atom is 0.271 e. The van der Waals surface area contributed by atoms with Gasteiger partial charge in [-0.3, -0.25) is 19.8 Å². The van der Waals surface area contributed by atoms with Gasteiger partial charge in [-0.25, -0.2) is 8.42 Å². The van der Waals surface area contributed by atoms with Gasteiger partial charge in [0.05, 0.1) is 22.1 Å². The highest BCUT2D eigenvalue weighted by molar-refractivity contribution is 7.93. The Morgan fingerprint density at radius 2 is 2.00 bits per heavy atom. The van der Waals surface area contributed by atoms with E-state index in [0.717, 1.165) is 6.07 Å². The van der Waals surface area contributed by atoms with Crippen molar-refractivity contribution in [3.8, 4) is 5.75 Å². The van der Waals surface area contributed by atoms with Crippen molar-refractivity contribution in [2.75, 3.05) is 11.3 Å². The zero-order valence-electron chi connectivity index (χ0n) is 13.7. The van der Waals surface area contributed by atoms with E-state index in [2.05, 4.69) is 9.71 Å². The van der Waals surface area contributed by atoms with Gasteiger partial charge in [0.2, 0.25) is 0 Å². The lowest BCUT2D eigenvalue weighted by atomic mass is 10.2. The van der Waals surface area contributed by atoms with Gasteiger partial charge in [0, 0.05) is 23.7 Å². The predicted octanol–water partition coefficient (Wildman–Crippen LogP) is 3.34. The molecule has 3 rings (SSSR count). The van der Waals surface area contributed by atoms with Crippen LogP contribution in [0.2, 0.25) is 0 Å². The van der Waals surface area contributed by atoms with Crippen molar-refractivity contribution in [1.82, 2.24) is 4.98 Å². The number of hydrogen-bond donors (Lipinski definition) is 1. The van der Waals surface area contributed by atoms with Crippen LogP contribution < -0.4 is 9.46 Å². The largest absolute Gasteiger partial charge is 0.492 e. The summed E-state index contributed by atoms with van der Waals surface area (Å²) in [5, 5.41) is 11.3. The second-order valence-corrected chi connectivity index (χ2v) is 6.96. The first-order valence-electron chi connectivity index (χ1n) is 7.70. The van der Waals surface area contributed by atoms with Crippen LogP contribution in [-0.2, 0) is 10.0 Å². The first-order valence-corrected chi connectivity index (χ1v) is 9.18. The third-order valence-electron chi connectivity index (χ3n) is 3.59. The van der Waals surface area contributed by atoms with Crippen molar-refractivity contribution in [1.29, 1.82) is 0 Å². The molecule has 0 radical (unpaired) electrons. The number of sulfonamides is 1. The topological polar surface area (TPSA) is 111 Å². The zero-order chi connectivity index (χ0) is 18.7. The molecular formula is C17H15N3O5S. The summed E-state index contributed by atoms with van der Waals surface area (Å²) in [4.78, 5) is 14.5. The van der Waals surface area contributed by atoms with Gasteiger partial charge in [0.25, 0.3) is 15.7 Å². The smallest absolute Gasteiger partial charge is 0.271 e. The number of benzene rings is 2. The van der Waals surface area contributed by atoms with E-state index in [4.69, 9.17) is 4.74 Å². The number of hydrogen-bond acceptors (Lipinski definition) is 6. The summed E-state index contributed by atoms with van der Waals surface area (Å²) in [6.07, 6.45) is 1.55. The van der Waals surface area contributed by atoms with Gasteiger partial charge in [-0.05, 0) is 37.3 Å². The molecule has 0 atom stereocenters. The molecule has 0 saturated carbocycles. The molecule has 0 aliphatic rings. The number of anilines is 1. The predicted molar refractivity (Wildman–Crippen MR) is 96.8 cm³/mol. The van der Waals surface area contributed by atoms with Gasteiger partial charge >= 0.3 is 0 Å². The Morgan fingerprint density at radius 1 is 1.19 bits per heavy atom. The van der Waals surface area contributed by atoms with E-state index in [1.165, 1.54) is 24.3 Å². The molecular weight excluding hydrogens is 358 g/mol. The number of nitrogens with one attached hydrogen (secondary N) is 1. The molecule has 0 unspecified atom stereocenters. The molecule has 0 aliphatic heterocycles. The number of nitro benzene ring substituents is 1. The number of pyridine rings is 1. The zero-order valence-corrected chi connectivity index (χ0v) is 14.6. The normalized spacial score (nSPS) is 11.3. The maximum atomic E-state index is 12.8. The standard InChI is InChI=1S/C17H15N3O5S/c1-2-25-15-8-9-16(14-7-4-10-18-17(14)15)26(23,24)19-12-5-3-6-13(11-12)20(21)22/h3-11,19H,2H2,1H3. The monoisotopic (exact) mass is 373 g/mol. The van der Waals surface area contributed by atoms with E-state index < -0.39 is 14.9 Å². The first-order chi connectivity index (χ1) is 12.4. The van der Waals surface area contributed by atoms with Crippen molar-refractivity contribution < 1.29 is 18.1 Å². The van der Waals surface area contributed by atoms with E-state index >= 15 is 0 Å². The number of nitro groups is 1. The van der Waals surface area contributed by atoms with Gasteiger partial charge in [0.1, 0.15) is 11.3 Å². The number of nitrogens with zero attached hydrogens (tertiary/aromatic N) is 2. The molecule has 3 aromatic rings. The van der Waals surface area contributed by atoms with Gasteiger partial charge in [-0.2, -0.15) is 0 Å². The van der Waals surface area contributed by atoms with Crippen molar-refractivity contribution in [3.63, 3.8) is 0 Å². The summed E-state index contributed by atoms with van der Waals surface area (Å²) in [6, 6.07) is 11.5. The van der Waals surface area contributed by atoms with E-state index in [1.54, 1.807) is 24.4 Å². The van der Waals surface area contributed by atoms with Crippen LogP contribution in [0, 0.1) is 10.1 Å². The molecule has 0 aliphatic carbocycles. The van der Waals surface area contributed by atoms with Crippen molar-refractivity contribution in [2.45, 2.75) is 11.8 Å². The van der Waals surface area contributed by atoms with Gasteiger partial charge < -0.3 is 4.74 Å². The molecule has 2 aromatic carbocycles. The summed E-state index contributed by atoms with van der Waals surface area (Å²) in [5.74, 6) is 0.484. The van der Waals surface area contributed by atoms with Gasteiger partial charge in [-0.1, -0.05) is 6.07 Å². The van der Waals surface area contributed by atoms with Crippen LogP contribution in [0.4, 0.5) is 11.4 Å². The van der Waals surface area contributed by atoms with Crippen molar-refractivity contribution in [2.24, 2.45) is 0 Å². The van der Waals surface area contributed by atoms with Crippen LogP contribution in [-0.4, -0.2) is 24.9 Å². The molecule has 0 saturated heterocycles. The summed E-state index contributed by atoms with van der Waals surface area (Å²) < 4.78 is 33.5. The van der Waals surface area contributed by atoms with E-state index in [1.807, 2.05) is 6.92 Å². The minimum atomic E-state index is -3.98. The van der Waals surface area contributed by atoms with Gasteiger partial charge in [-0.15, -0.1) is 0 Å². The van der Waals surface area contributed by atoms with Crippen LogP contribution in [0.15, 0.2) is 59.6 Å². The molecule has 26 heavy (non-hydrogen) atoms. The molecule has 0 bridgehead atoms. The van der Waals surface area contributed by atoms with Crippen molar-refractivity contribution in [3.05, 3.63) is 64.8 Å². The number of aromatic nitrogens is 1. The summed E-state index contributed by atoms with van der Waals surface area (Å²) in [6.45, 7) is 2.24. The lowest BCUT2D eigenvalue weighted by Crippen LogP contribution is -2.14. The minimum absolute atomic E-state index is 0.00978. The number of fused-ring (bicyclic) bond motifs is 1. The molecule has 1 N–H and O–H groups in total. The highest BCUT2D eigenvalue weighted by Gasteiger charge is 2.20. The molecule has 1 aromatic heterocycles. The Morgan fingerprint density at radius 3 is 2.73 bits per heavy atom. The third-order valence-corrected chi connectivity index (χ3v) is 5.03. The van der Waals surface area contributed by atoms with Crippen molar-refractivity contribution >= 4 is 32.3 Å².